The normalized spacial score (nSPS) is 14.8. The fourth-order valence-electron chi connectivity index (χ4n) is 9.45. The molecule has 57 heavy (non-hydrogen) atoms. The maximum absolute atomic E-state index is 4.27. The molecule has 8 aromatic rings. The third kappa shape index (κ3) is 5.57. The summed E-state index contributed by atoms with van der Waals surface area (Å²) in [6.45, 7) is 15.9. The van der Waals surface area contributed by atoms with Crippen LogP contribution in [0.15, 0.2) is 176 Å². The van der Waals surface area contributed by atoms with E-state index in [1.165, 1.54) is 75.8 Å². The van der Waals surface area contributed by atoms with E-state index in [1.807, 2.05) is 17.4 Å². The summed E-state index contributed by atoms with van der Waals surface area (Å²) >= 11 is 1.93. The number of benzene rings is 7. The SMILES string of the molecule is C=C(/C=C\C=C(/C)c1ccc(N(c2ccc3c(c2)-c2c(ccc4c2sc2ccccc24)C3(C)C)c2ccc3c(c2)C(C)(C)c2ccccc2-3)cc1)c1ccccc1. The number of anilines is 3. The van der Waals surface area contributed by atoms with Crippen LogP contribution in [0.1, 0.15) is 68.0 Å². The van der Waals surface area contributed by atoms with Crippen LogP contribution in [-0.4, -0.2) is 0 Å². The minimum atomic E-state index is -0.105. The number of hydrogen-bond acceptors (Lipinski definition) is 2. The number of allylic oxidation sites excluding steroid dienone is 5. The van der Waals surface area contributed by atoms with Gasteiger partial charge in [-0.05, 0) is 111 Å². The maximum atomic E-state index is 4.27. The summed E-state index contributed by atoms with van der Waals surface area (Å²) < 4.78 is 2.72. The van der Waals surface area contributed by atoms with Gasteiger partial charge in [0.1, 0.15) is 0 Å². The van der Waals surface area contributed by atoms with Crippen molar-refractivity contribution in [1.82, 2.24) is 0 Å². The van der Waals surface area contributed by atoms with Gasteiger partial charge in [0.05, 0.1) is 0 Å². The molecule has 0 atom stereocenters. The third-order valence-corrected chi connectivity index (χ3v) is 13.8. The number of rotatable bonds is 7. The molecule has 0 radical (unpaired) electrons. The molecule has 0 fully saturated rings. The maximum Gasteiger partial charge on any atom is 0.0468 e. The van der Waals surface area contributed by atoms with Crippen LogP contribution in [0.2, 0.25) is 0 Å². The summed E-state index contributed by atoms with van der Waals surface area (Å²) in [5.41, 5.74) is 18.7. The van der Waals surface area contributed by atoms with Gasteiger partial charge in [-0.2, -0.15) is 0 Å². The largest absolute Gasteiger partial charge is 0.310 e. The van der Waals surface area contributed by atoms with Crippen molar-refractivity contribution in [2.24, 2.45) is 0 Å². The third-order valence-electron chi connectivity index (χ3n) is 12.6. The zero-order chi connectivity index (χ0) is 39.1. The van der Waals surface area contributed by atoms with E-state index in [1.54, 1.807) is 0 Å². The highest BCUT2D eigenvalue weighted by Crippen LogP contribution is 2.56. The highest BCUT2D eigenvalue weighted by atomic mass is 32.1. The lowest BCUT2D eigenvalue weighted by atomic mass is 9.82. The predicted molar refractivity (Wildman–Crippen MR) is 247 cm³/mol. The number of fused-ring (bicyclic) bond motifs is 10. The molecule has 0 spiro atoms. The second kappa shape index (κ2) is 13.2. The molecular weight excluding hydrogens is 707 g/mol. The Balaban J connectivity index is 1.10. The van der Waals surface area contributed by atoms with Crippen LogP contribution in [-0.2, 0) is 10.8 Å². The topological polar surface area (TPSA) is 3.24 Å². The lowest BCUT2D eigenvalue weighted by molar-refractivity contribution is 0.660. The summed E-state index contributed by atoms with van der Waals surface area (Å²) in [6.07, 6.45) is 6.37. The first-order valence-electron chi connectivity index (χ1n) is 20.0. The van der Waals surface area contributed by atoms with E-state index in [0.717, 1.165) is 28.2 Å². The molecule has 1 heterocycles. The summed E-state index contributed by atoms with van der Waals surface area (Å²) in [4.78, 5) is 2.46. The molecule has 276 valence electrons. The van der Waals surface area contributed by atoms with E-state index in [4.69, 9.17) is 0 Å². The second-order valence-corrected chi connectivity index (χ2v) is 17.8. The Bertz CT molecular complexity index is 2970. The lowest BCUT2D eigenvalue weighted by Gasteiger charge is -2.29. The average Bonchev–Trinajstić information content (AvgIpc) is 3.81. The first kappa shape index (κ1) is 35.2. The van der Waals surface area contributed by atoms with Gasteiger partial charge in [-0.1, -0.05) is 162 Å². The van der Waals surface area contributed by atoms with Crippen molar-refractivity contribution in [2.45, 2.75) is 45.4 Å². The molecule has 0 aliphatic heterocycles. The van der Waals surface area contributed by atoms with Gasteiger partial charge in [0.2, 0.25) is 0 Å². The second-order valence-electron chi connectivity index (χ2n) is 16.7. The Labute approximate surface area is 340 Å². The van der Waals surface area contributed by atoms with Gasteiger partial charge in [-0.15, -0.1) is 11.3 Å². The van der Waals surface area contributed by atoms with E-state index in [0.29, 0.717) is 0 Å². The quantitative estimate of drug-likeness (QED) is 0.147. The van der Waals surface area contributed by atoms with E-state index in [2.05, 4.69) is 210 Å². The van der Waals surface area contributed by atoms with Crippen molar-refractivity contribution >= 4 is 59.7 Å². The number of nitrogens with zero attached hydrogens (tertiary/aromatic N) is 1. The summed E-state index contributed by atoms with van der Waals surface area (Å²) in [7, 11) is 0. The number of thiophene rings is 1. The zero-order valence-corrected chi connectivity index (χ0v) is 34.0. The van der Waals surface area contributed by atoms with Crippen LogP contribution in [0.5, 0.6) is 0 Å². The highest BCUT2D eigenvalue weighted by molar-refractivity contribution is 7.26. The smallest absolute Gasteiger partial charge is 0.0468 e. The predicted octanol–water partition coefficient (Wildman–Crippen LogP) is 15.8. The molecule has 0 unspecified atom stereocenters. The van der Waals surface area contributed by atoms with Crippen LogP contribution < -0.4 is 4.90 Å². The molecule has 1 aromatic heterocycles. The summed E-state index contributed by atoms with van der Waals surface area (Å²) in [5, 5.41) is 2.69. The van der Waals surface area contributed by atoms with Crippen LogP contribution in [0.3, 0.4) is 0 Å². The molecule has 0 saturated carbocycles. The molecule has 0 saturated heterocycles. The van der Waals surface area contributed by atoms with Crippen LogP contribution in [0.25, 0.3) is 53.6 Å². The fraction of sp³-hybridized carbons (Fsp3) is 0.127. The molecule has 0 N–H and O–H groups in total. The lowest BCUT2D eigenvalue weighted by Crippen LogP contribution is -2.17. The van der Waals surface area contributed by atoms with E-state index < -0.39 is 0 Å². The van der Waals surface area contributed by atoms with Crippen LogP contribution in [0, 0.1) is 0 Å². The van der Waals surface area contributed by atoms with Gasteiger partial charge in [0.25, 0.3) is 0 Å². The molecular formula is C55H45NS. The van der Waals surface area contributed by atoms with Crippen molar-refractivity contribution < 1.29 is 0 Å². The highest BCUT2D eigenvalue weighted by Gasteiger charge is 2.38. The molecule has 2 aliphatic rings. The van der Waals surface area contributed by atoms with Crippen LogP contribution in [0.4, 0.5) is 17.1 Å². The zero-order valence-electron chi connectivity index (χ0n) is 33.2. The van der Waals surface area contributed by atoms with Crippen molar-refractivity contribution in [3.63, 3.8) is 0 Å². The van der Waals surface area contributed by atoms with E-state index >= 15 is 0 Å². The van der Waals surface area contributed by atoms with Gasteiger partial charge >= 0.3 is 0 Å². The molecule has 0 amide bonds. The standard InChI is InChI=1S/C55H45NS/c1-35(37-17-8-7-9-18-37)15-14-16-36(2)38-23-25-39(26-24-38)56(41-27-29-43-42-19-10-12-21-47(42)55(5,6)50(43)34-41)40-28-31-48-46(33-40)52-49(54(48,3)4)32-30-45-44-20-11-13-22-51(44)57-53(45)52/h7-34H,1H2,2-6H3/b15-14-,36-16+. The Kier molecular flexibility index (Phi) is 8.15. The molecule has 7 aromatic carbocycles. The molecule has 2 aliphatic carbocycles. The Morgan fingerprint density at radius 1 is 0.544 bits per heavy atom. The summed E-state index contributed by atoms with van der Waals surface area (Å²) in [5.74, 6) is 0. The van der Waals surface area contributed by atoms with Crippen molar-refractivity contribution in [3.8, 4) is 22.3 Å². The van der Waals surface area contributed by atoms with Crippen molar-refractivity contribution in [3.05, 3.63) is 210 Å². The van der Waals surface area contributed by atoms with E-state index in [-0.39, 0.29) is 10.8 Å². The first-order chi connectivity index (χ1) is 27.6. The Hall–Kier alpha value is -6.22. The number of hydrogen-bond donors (Lipinski definition) is 0. The van der Waals surface area contributed by atoms with Crippen molar-refractivity contribution in [2.75, 3.05) is 4.90 Å². The molecule has 0 bridgehead atoms. The Morgan fingerprint density at radius 2 is 1.18 bits per heavy atom. The van der Waals surface area contributed by atoms with Crippen molar-refractivity contribution in [1.29, 1.82) is 0 Å². The summed E-state index contributed by atoms with van der Waals surface area (Å²) in [6, 6.07) is 56.2. The van der Waals surface area contributed by atoms with Gasteiger partial charge in [0, 0.05) is 53.6 Å². The fourth-order valence-corrected chi connectivity index (χ4v) is 10.7. The minimum absolute atomic E-state index is 0.102. The van der Waals surface area contributed by atoms with E-state index in [9.17, 15) is 0 Å². The molecule has 2 heteroatoms. The minimum Gasteiger partial charge on any atom is -0.310 e. The van der Waals surface area contributed by atoms with Gasteiger partial charge < -0.3 is 4.90 Å². The Morgan fingerprint density at radius 3 is 2.00 bits per heavy atom. The average molecular weight is 752 g/mol. The molecule has 10 rings (SSSR count). The van der Waals surface area contributed by atoms with Gasteiger partial charge in [-0.3, -0.25) is 0 Å². The van der Waals surface area contributed by atoms with Gasteiger partial charge in [0.15, 0.2) is 0 Å². The first-order valence-corrected chi connectivity index (χ1v) is 20.8. The molecule has 1 nitrogen and oxygen atoms in total. The van der Waals surface area contributed by atoms with Crippen LogP contribution >= 0.6 is 11.3 Å². The monoisotopic (exact) mass is 751 g/mol. The van der Waals surface area contributed by atoms with Gasteiger partial charge in [-0.25, -0.2) is 0 Å².